The first-order valence-electron chi connectivity index (χ1n) is 18.2. The van der Waals surface area contributed by atoms with Crippen LogP contribution in [-0.2, 0) is 0 Å². The normalized spacial score (nSPS) is 13.2. The maximum atomic E-state index is 11.0. The van der Waals surface area contributed by atoms with E-state index >= 15 is 0 Å². The van der Waals surface area contributed by atoms with E-state index in [2.05, 4.69) is 153 Å². The second-order valence-corrected chi connectivity index (χ2v) is 16.7. The lowest BCUT2D eigenvalue weighted by molar-refractivity contribution is 0.0621. The average molecular weight is 729 g/mol. The third kappa shape index (κ3) is 7.93. The fourth-order valence-electron chi connectivity index (χ4n) is 7.42. The third-order valence-electron chi connectivity index (χ3n) is 10.7. The molecule has 5 heteroatoms. The Hall–Kier alpha value is -4.16. The van der Waals surface area contributed by atoms with Crippen LogP contribution in [0.5, 0.6) is 11.5 Å². The van der Waals surface area contributed by atoms with Crippen LogP contribution in [0, 0.1) is 69.2 Å². The number of aryl methyl sites for hydroxylation is 10. The Labute approximate surface area is 318 Å². The molecule has 2 heterocycles. The topological polar surface area (TPSA) is 38.7 Å². The zero-order chi connectivity index (χ0) is 37.3. The van der Waals surface area contributed by atoms with E-state index in [1.165, 1.54) is 76.5 Å². The maximum absolute atomic E-state index is 11.0. The molecule has 0 saturated heterocycles. The summed E-state index contributed by atoms with van der Waals surface area (Å²) in [6, 6.07) is 26.9. The number of aliphatic hydroxyl groups is 1. The lowest BCUT2D eigenvalue weighted by Gasteiger charge is -2.24. The van der Waals surface area contributed by atoms with Gasteiger partial charge in [-0.1, -0.05) is 48.5 Å². The number of thiophene rings is 2. The predicted molar refractivity (Wildman–Crippen MR) is 221 cm³/mol. The van der Waals surface area contributed by atoms with E-state index in [4.69, 9.17) is 9.47 Å². The molecular formula is C47H52O3S2. The standard InChI is InChI=1S/C47H52O3S2/c1-27-17-31(5)38(19-29(27)3)46(44-13-11-15-51-44)40-21-35(9)42(23-33(40)7)49-25-37(48)26-50-43-24-34(8)41(22-36(43)10)47(45-14-12-16-52-45)39-20-30(4)28(2)18-32(39)6/h11-24,37,46-48H,25-26H2,1-10H3. The SMILES string of the molecule is Cc1cc(C)c(C(c2cccs2)c2cc(C)c(OCC(O)COc3cc(C)c(C(c4cccs4)c4cc(C)c(C)cc4C)cc3C)cc2C)cc1C. The van der Waals surface area contributed by atoms with Gasteiger partial charge in [0.1, 0.15) is 30.8 Å². The quantitative estimate of drug-likeness (QED) is 0.136. The smallest absolute Gasteiger partial charge is 0.122 e. The highest BCUT2D eigenvalue weighted by atomic mass is 32.1. The zero-order valence-corrected chi connectivity index (χ0v) is 33.9. The van der Waals surface area contributed by atoms with Crippen LogP contribution in [0.2, 0.25) is 0 Å². The first-order chi connectivity index (χ1) is 24.8. The van der Waals surface area contributed by atoms with Crippen LogP contribution in [-0.4, -0.2) is 24.4 Å². The Bertz CT molecular complexity index is 2020. The van der Waals surface area contributed by atoms with Crippen molar-refractivity contribution in [2.24, 2.45) is 0 Å². The van der Waals surface area contributed by atoms with Gasteiger partial charge < -0.3 is 14.6 Å². The van der Waals surface area contributed by atoms with E-state index in [0.29, 0.717) is 0 Å². The molecule has 6 aromatic rings. The van der Waals surface area contributed by atoms with Gasteiger partial charge in [-0.2, -0.15) is 0 Å². The Morgan fingerprint density at radius 2 is 0.769 bits per heavy atom. The van der Waals surface area contributed by atoms with E-state index in [1.807, 2.05) is 0 Å². The molecule has 0 aliphatic carbocycles. The number of benzene rings is 4. The van der Waals surface area contributed by atoms with E-state index in [9.17, 15) is 5.11 Å². The molecule has 6 rings (SSSR count). The highest BCUT2D eigenvalue weighted by molar-refractivity contribution is 7.10. The number of hydrogen-bond acceptors (Lipinski definition) is 5. The summed E-state index contributed by atoms with van der Waals surface area (Å²) in [5.41, 5.74) is 17.6. The molecule has 3 nitrogen and oxygen atoms in total. The van der Waals surface area contributed by atoms with Gasteiger partial charge in [-0.25, -0.2) is 0 Å². The molecule has 270 valence electrons. The Morgan fingerprint density at radius 3 is 1.12 bits per heavy atom. The minimum absolute atomic E-state index is 0.146. The molecule has 0 fully saturated rings. The average Bonchev–Trinajstić information content (AvgIpc) is 3.83. The lowest BCUT2D eigenvalue weighted by atomic mass is 9.83. The fraction of sp³-hybridized carbons (Fsp3) is 0.319. The van der Waals surface area contributed by atoms with E-state index in [0.717, 1.165) is 22.6 Å². The largest absolute Gasteiger partial charge is 0.490 e. The van der Waals surface area contributed by atoms with Crippen molar-refractivity contribution in [2.45, 2.75) is 87.2 Å². The Morgan fingerprint density at radius 1 is 0.442 bits per heavy atom. The highest BCUT2D eigenvalue weighted by Crippen LogP contribution is 2.42. The van der Waals surface area contributed by atoms with Crippen LogP contribution < -0.4 is 9.47 Å². The van der Waals surface area contributed by atoms with Gasteiger partial charge in [0.25, 0.3) is 0 Å². The summed E-state index contributed by atoms with van der Waals surface area (Å²) >= 11 is 3.60. The summed E-state index contributed by atoms with van der Waals surface area (Å²) in [4.78, 5) is 2.66. The molecule has 52 heavy (non-hydrogen) atoms. The molecule has 0 saturated carbocycles. The molecule has 0 spiro atoms. The van der Waals surface area contributed by atoms with Crippen molar-refractivity contribution in [3.8, 4) is 11.5 Å². The van der Waals surface area contributed by atoms with Crippen LogP contribution in [0.1, 0.15) is 99.5 Å². The van der Waals surface area contributed by atoms with Gasteiger partial charge in [-0.05, 0) is 182 Å². The van der Waals surface area contributed by atoms with E-state index in [-0.39, 0.29) is 25.0 Å². The molecule has 0 bridgehead atoms. The van der Waals surface area contributed by atoms with Crippen LogP contribution in [0.3, 0.4) is 0 Å². The monoisotopic (exact) mass is 728 g/mol. The van der Waals surface area contributed by atoms with Gasteiger partial charge in [-0.15, -0.1) is 22.7 Å². The zero-order valence-electron chi connectivity index (χ0n) is 32.3. The Kier molecular flexibility index (Phi) is 11.4. The van der Waals surface area contributed by atoms with Crippen molar-refractivity contribution in [3.05, 3.63) is 171 Å². The van der Waals surface area contributed by atoms with Crippen molar-refractivity contribution in [1.82, 2.24) is 0 Å². The van der Waals surface area contributed by atoms with Crippen molar-refractivity contribution in [1.29, 1.82) is 0 Å². The molecule has 0 aliphatic rings. The first-order valence-corrected chi connectivity index (χ1v) is 20.0. The molecule has 0 aliphatic heterocycles. The number of aliphatic hydroxyl groups excluding tert-OH is 1. The van der Waals surface area contributed by atoms with E-state index < -0.39 is 6.10 Å². The van der Waals surface area contributed by atoms with Crippen LogP contribution in [0.25, 0.3) is 0 Å². The van der Waals surface area contributed by atoms with Crippen molar-refractivity contribution < 1.29 is 14.6 Å². The number of ether oxygens (including phenoxy) is 2. The Balaban J connectivity index is 1.17. The molecule has 1 N–H and O–H groups in total. The van der Waals surface area contributed by atoms with Crippen LogP contribution >= 0.6 is 22.7 Å². The molecule has 4 aromatic carbocycles. The second kappa shape index (κ2) is 15.8. The summed E-state index contributed by atoms with van der Waals surface area (Å²) in [5, 5.41) is 15.4. The first kappa shape index (κ1) is 37.6. The molecule has 0 amide bonds. The van der Waals surface area contributed by atoms with Gasteiger partial charge in [-0.3, -0.25) is 0 Å². The molecule has 2 aromatic heterocycles. The fourth-order valence-corrected chi connectivity index (χ4v) is 9.15. The second-order valence-electron chi connectivity index (χ2n) is 14.7. The van der Waals surface area contributed by atoms with Crippen LogP contribution in [0.15, 0.2) is 83.6 Å². The third-order valence-corrected chi connectivity index (χ3v) is 12.5. The van der Waals surface area contributed by atoms with Gasteiger partial charge in [0.2, 0.25) is 0 Å². The highest BCUT2D eigenvalue weighted by Gasteiger charge is 2.25. The van der Waals surface area contributed by atoms with E-state index in [1.54, 1.807) is 22.7 Å². The number of hydrogen-bond donors (Lipinski definition) is 1. The van der Waals surface area contributed by atoms with Gasteiger partial charge in [0.05, 0.1) is 0 Å². The maximum Gasteiger partial charge on any atom is 0.122 e. The van der Waals surface area contributed by atoms with Gasteiger partial charge in [0, 0.05) is 21.6 Å². The van der Waals surface area contributed by atoms with Crippen molar-refractivity contribution in [2.75, 3.05) is 13.2 Å². The molecular weight excluding hydrogens is 677 g/mol. The predicted octanol–water partition coefficient (Wildman–Crippen LogP) is 12.1. The summed E-state index contributed by atoms with van der Waals surface area (Å²) in [6.45, 7) is 22.0. The summed E-state index contributed by atoms with van der Waals surface area (Å²) in [5.74, 6) is 1.88. The molecule has 2 unspecified atom stereocenters. The van der Waals surface area contributed by atoms with Crippen molar-refractivity contribution >= 4 is 22.7 Å². The minimum Gasteiger partial charge on any atom is -0.490 e. The summed E-state index contributed by atoms with van der Waals surface area (Å²) in [6.07, 6.45) is -0.784. The minimum atomic E-state index is -0.784. The van der Waals surface area contributed by atoms with Crippen molar-refractivity contribution in [3.63, 3.8) is 0 Å². The summed E-state index contributed by atoms with van der Waals surface area (Å²) < 4.78 is 12.5. The number of rotatable bonds is 12. The van der Waals surface area contributed by atoms with Gasteiger partial charge >= 0.3 is 0 Å². The molecule has 0 radical (unpaired) electrons. The molecule has 2 atom stereocenters. The summed E-state index contributed by atoms with van der Waals surface area (Å²) in [7, 11) is 0. The lowest BCUT2D eigenvalue weighted by Crippen LogP contribution is -2.25. The van der Waals surface area contributed by atoms with Gasteiger partial charge in [0.15, 0.2) is 0 Å². The van der Waals surface area contributed by atoms with Crippen LogP contribution in [0.4, 0.5) is 0 Å².